The first-order valence-corrected chi connectivity index (χ1v) is 7.20. The first kappa shape index (κ1) is 15.2. The molecule has 0 bridgehead atoms. The summed E-state index contributed by atoms with van der Waals surface area (Å²) < 4.78 is 14.2. The number of piperidine rings is 1. The lowest BCUT2D eigenvalue weighted by Gasteiger charge is -2.33. The molecule has 1 aliphatic heterocycles. The number of likely N-dealkylation sites (tertiary alicyclic amines) is 1. The number of rotatable bonds is 3. The molecule has 0 aliphatic carbocycles. The monoisotopic (exact) mass is 300 g/mol. The quantitative estimate of drug-likeness (QED) is 0.842. The van der Waals surface area contributed by atoms with E-state index in [1.807, 2.05) is 11.9 Å². The fourth-order valence-electron chi connectivity index (χ4n) is 2.77. The average molecular weight is 301 g/mol. The maximum atomic E-state index is 14.2. The molecule has 0 spiro atoms. The number of benzene rings is 1. The smallest absolute Gasteiger partial charge is 0.169 e. The third kappa shape index (κ3) is 3.10. The van der Waals surface area contributed by atoms with Crippen LogP contribution in [0.5, 0.6) is 0 Å². The highest BCUT2D eigenvalue weighted by Gasteiger charge is 2.22. The van der Waals surface area contributed by atoms with Crippen molar-refractivity contribution in [3.63, 3.8) is 0 Å². The summed E-state index contributed by atoms with van der Waals surface area (Å²) in [5, 5.41) is -0.0515. The molecule has 0 atom stereocenters. The van der Waals surface area contributed by atoms with Crippen molar-refractivity contribution in [1.82, 2.24) is 4.90 Å². The third-order valence-electron chi connectivity index (χ3n) is 3.99. The van der Waals surface area contributed by atoms with E-state index < -0.39 is 5.82 Å². The van der Waals surface area contributed by atoms with E-state index in [-0.39, 0.29) is 10.7 Å². The first-order chi connectivity index (χ1) is 9.40. The Morgan fingerprint density at radius 2 is 1.95 bits per heavy atom. The number of hydrogen-bond acceptors (Lipinski definition) is 4. The largest absolute Gasteiger partial charge is 0.397 e. The maximum Gasteiger partial charge on any atom is 0.169 e. The van der Waals surface area contributed by atoms with Crippen molar-refractivity contribution in [3.8, 4) is 0 Å². The molecule has 1 heterocycles. The van der Waals surface area contributed by atoms with Crippen molar-refractivity contribution in [2.75, 3.05) is 50.1 Å². The second-order valence-corrected chi connectivity index (χ2v) is 6.04. The Labute approximate surface area is 124 Å². The minimum Gasteiger partial charge on any atom is -0.397 e. The minimum atomic E-state index is -0.528. The molecular weight excluding hydrogens is 279 g/mol. The standard InChI is InChI=1S/C14H22ClFN4/c1-19-5-3-9(4-6-19)8-20(2)14-11(18)7-10(17)12(15)13(14)16/h7,9H,3-6,8,17-18H2,1-2H3. The summed E-state index contributed by atoms with van der Waals surface area (Å²) in [7, 11) is 3.97. The summed E-state index contributed by atoms with van der Waals surface area (Å²) in [6, 6.07) is 1.52. The molecule has 2 rings (SSSR count). The lowest BCUT2D eigenvalue weighted by molar-refractivity contribution is 0.222. The molecule has 4 nitrogen and oxygen atoms in total. The Morgan fingerprint density at radius 1 is 1.35 bits per heavy atom. The van der Waals surface area contributed by atoms with Crippen molar-refractivity contribution in [3.05, 3.63) is 16.9 Å². The molecular formula is C14H22ClFN4. The van der Waals surface area contributed by atoms with E-state index in [2.05, 4.69) is 11.9 Å². The van der Waals surface area contributed by atoms with E-state index in [1.165, 1.54) is 6.07 Å². The lowest BCUT2D eigenvalue weighted by atomic mass is 9.96. The van der Waals surface area contributed by atoms with E-state index in [0.717, 1.165) is 32.5 Å². The Kier molecular flexibility index (Phi) is 4.60. The highest BCUT2D eigenvalue weighted by molar-refractivity contribution is 6.33. The van der Waals surface area contributed by atoms with Gasteiger partial charge in [0.25, 0.3) is 0 Å². The molecule has 1 aromatic rings. The number of anilines is 3. The van der Waals surface area contributed by atoms with Crippen LogP contribution in [0.1, 0.15) is 12.8 Å². The van der Waals surface area contributed by atoms with Crippen LogP contribution in [0.4, 0.5) is 21.5 Å². The zero-order valence-electron chi connectivity index (χ0n) is 12.0. The number of nitrogens with zero attached hydrogens (tertiary/aromatic N) is 2. The molecule has 4 N–H and O–H groups in total. The highest BCUT2D eigenvalue weighted by atomic mass is 35.5. The summed E-state index contributed by atoms with van der Waals surface area (Å²) in [6.07, 6.45) is 2.23. The molecule has 1 fully saturated rings. The van der Waals surface area contributed by atoms with Gasteiger partial charge in [0.15, 0.2) is 5.82 Å². The Bertz CT molecular complexity index is 487. The van der Waals surface area contributed by atoms with Gasteiger partial charge in [-0.2, -0.15) is 0 Å². The average Bonchev–Trinajstić information content (AvgIpc) is 2.39. The van der Waals surface area contributed by atoms with Crippen LogP contribution in [0.2, 0.25) is 5.02 Å². The highest BCUT2D eigenvalue weighted by Crippen LogP contribution is 2.36. The number of halogens is 2. The van der Waals surface area contributed by atoms with Crippen molar-refractivity contribution in [2.24, 2.45) is 5.92 Å². The molecule has 1 saturated heterocycles. The Morgan fingerprint density at radius 3 is 2.55 bits per heavy atom. The minimum absolute atomic E-state index is 0.0515. The van der Waals surface area contributed by atoms with Gasteiger partial charge in [-0.05, 0) is 45.0 Å². The van der Waals surface area contributed by atoms with E-state index in [4.69, 9.17) is 23.1 Å². The molecule has 6 heteroatoms. The van der Waals surface area contributed by atoms with Gasteiger partial charge in [0.1, 0.15) is 5.02 Å². The molecule has 1 aliphatic rings. The molecule has 0 amide bonds. The van der Waals surface area contributed by atoms with E-state index in [0.29, 0.717) is 17.3 Å². The summed E-state index contributed by atoms with van der Waals surface area (Å²) in [5.74, 6) is 0.0194. The normalized spacial score (nSPS) is 17.4. The second kappa shape index (κ2) is 6.06. The van der Waals surface area contributed by atoms with Gasteiger partial charge in [-0.3, -0.25) is 0 Å². The zero-order valence-corrected chi connectivity index (χ0v) is 12.8. The van der Waals surface area contributed by atoms with Crippen LogP contribution in [0.15, 0.2) is 6.07 Å². The van der Waals surface area contributed by atoms with Crippen LogP contribution in [0.3, 0.4) is 0 Å². The SMILES string of the molecule is CN1CCC(CN(C)c2c(N)cc(N)c(Cl)c2F)CC1. The van der Waals surface area contributed by atoms with Crippen LogP contribution in [0.25, 0.3) is 0 Å². The molecule has 0 radical (unpaired) electrons. The molecule has 112 valence electrons. The number of nitrogen functional groups attached to an aromatic ring is 2. The Hall–Kier alpha value is -1.20. The second-order valence-electron chi connectivity index (χ2n) is 5.66. The van der Waals surface area contributed by atoms with Crippen molar-refractivity contribution in [1.29, 1.82) is 0 Å². The van der Waals surface area contributed by atoms with Gasteiger partial charge in [0.2, 0.25) is 0 Å². The van der Waals surface area contributed by atoms with Gasteiger partial charge >= 0.3 is 0 Å². The Balaban J connectivity index is 2.13. The van der Waals surface area contributed by atoms with E-state index in [1.54, 1.807) is 0 Å². The maximum absolute atomic E-state index is 14.2. The lowest BCUT2D eigenvalue weighted by Crippen LogP contribution is -2.36. The molecule has 1 aromatic carbocycles. The summed E-state index contributed by atoms with van der Waals surface area (Å²) in [5.41, 5.74) is 12.4. The van der Waals surface area contributed by atoms with Crippen LogP contribution < -0.4 is 16.4 Å². The number of nitrogens with two attached hydrogens (primary N) is 2. The predicted molar refractivity (Wildman–Crippen MR) is 83.7 cm³/mol. The summed E-state index contributed by atoms with van der Waals surface area (Å²) >= 11 is 5.87. The van der Waals surface area contributed by atoms with Gasteiger partial charge in [0.05, 0.1) is 17.1 Å². The van der Waals surface area contributed by atoms with Gasteiger partial charge in [0, 0.05) is 13.6 Å². The predicted octanol–water partition coefficient (Wildman–Crippen LogP) is 2.42. The molecule has 0 saturated carbocycles. The first-order valence-electron chi connectivity index (χ1n) is 6.82. The van der Waals surface area contributed by atoms with Gasteiger partial charge in [-0.1, -0.05) is 11.6 Å². The van der Waals surface area contributed by atoms with E-state index >= 15 is 0 Å². The van der Waals surface area contributed by atoms with Crippen LogP contribution in [-0.2, 0) is 0 Å². The van der Waals surface area contributed by atoms with Gasteiger partial charge < -0.3 is 21.3 Å². The van der Waals surface area contributed by atoms with Crippen molar-refractivity contribution < 1.29 is 4.39 Å². The van der Waals surface area contributed by atoms with Crippen molar-refractivity contribution in [2.45, 2.75) is 12.8 Å². The third-order valence-corrected chi connectivity index (χ3v) is 4.37. The fourth-order valence-corrected chi connectivity index (χ4v) is 2.91. The van der Waals surface area contributed by atoms with Crippen LogP contribution >= 0.6 is 11.6 Å². The van der Waals surface area contributed by atoms with Gasteiger partial charge in [-0.15, -0.1) is 0 Å². The number of hydrogen-bond donors (Lipinski definition) is 2. The zero-order chi connectivity index (χ0) is 14.9. The van der Waals surface area contributed by atoms with Crippen LogP contribution in [0, 0.1) is 11.7 Å². The summed E-state index contributed by atoms with van der Waals surface area (Å²) in [6.45, 7) is 2.94. The molecule has 0 unspecified atom stereocenters. The molecule has 0 aromatic heterocycles. The van der Waals surface area contributed by atoms with Gasteiger partial charge in [-0.25, -0.2) is 4.39 Å². The van der Waals surface area contributed by atoms with E-state index in [9.17, 15) is 4.39 Å². The van der Waals surface area contributed by atoms with Crippen molar-refractivity contribution >= 4 is 28.7 Å². The fraction of sp³-hybridized carbons (Fsp3) is 0.571. The summed E-state index contributed by atoms with van der Waals surface area (Å²) in [4.78, 5) is 4.16. The topological polar surface area (TPSA) is 58.5 Å². The molecule has 20 heavy (non-hydrogen) atoms. The van der Waals surface area contributed by atoms with Crippen LogP contribution in [-0.4, -0.2) is 38.6 Å².